The lowest BCUT2D eigenvalue weighted by molar-refractivity contribution is -0.147. The van der Waals surface area contributed by atoms with Crippen LogP contribution in [-0.4, -0.2) is 40.4 Å². The van der Waals surface area contributed by atoms with E-state index in [0.29, 0.717) is 24.2 Å². The summed E-state index contributed by atoms with van der Waals surface area (Å²) in [5.74, 6) is -1.14. The van der Waals surface area contributed by atoms with Gasteiger partial charge >= 0.3 is 5.97 Å². The Morgan fingerprint density at radius 2 is 1.96 bits per heavy atom. The number of nitrogens with zero attached hydrogens (tertiary/aromatic N) is 1. The third-order valence-electron chi connectivity index (χ3n) is 5.14. The molecule has 0 radical (unpaired) electrons. The van der Waals surface area contributed by atoms with Crippen LogP contribution in [0.25, 0.3) is 0 Å². The summed E-state index contributed by atoms with van der Waals surface area (Å²) >= 11 is 1.19. The quantitative estimate of drug-likeness (QED) is 0.765. The first-order chi connectivity index (χ1) is 12.5. The van der Waals surface area contributed by atoms with Crippen molar-refractivity contribution >= 4 is 22.8 Å². The molecule has 142 valence electrons. The zero-order valence-corrected chi connectivity index (χ0v) is 15.3. The molecule has 1 aromatic carbocycles. The van der Waals surface area contributed by atoms with Gasteiger partial charge in [0, 0.05) is 18.3 Å². The van der Waals surface area contributed by atoms with Crippen LogP contribution in [0, 0.1) is 11.8 Å². The van der Waals surface area contributed by atoms with Crippen molar-refractivity contribution in [2.24, 2.45) is 16.8 Å². The Labute approximate surface area is 156 Å². The number of hydrogen-bond acceptors (Lipinski definition) is 4. The van der Waals surface area contributed by atoms with Crippen molar-refractivity contribution in [2.45, 2.75) is 44.3 Å². The molecule has 1 aliphatic carbocycles. The van der Waals surface area contributed by atoms with Crippen LogP contribution in [0.4, 0.5) is 8.78 Å². The Hall–Kier alpha value is -1.47. The van der Waals surface area contributed by atoms with Gasteiger partial charge < -0.3 is 9.84 Å². The Bertz CT molecular complexity index is 647. The molecule has 1 saturated carbocycles. The molecule has 4 nitrogen and oxygen atoms in total. The van der Waals surface area contributed by atoms with Gasteiger partial charge in [0.05, 0.1) is 11.7 Å². The van der Waals surface area contributed by atoms with E-state index >= 15 is 0 Å². The van der Waals surface area contributed by atoms with Crippen molar-refractivity contribution < 1.29 is 23.4 Å². The van der Waals surface area contributed by atoms with E-state index in [0.717, 1.165) is 31.2 Å². The molecule has 1 aromatic rings. The first-order valence-electron chi connectivity index (χ1n) is 8.87. The Balaban J connectivity index is 1.47. The van der Waals surface area contributed by atoms with E-state index < -0.39 is 17.9 Å². The van der Waals surface area contributed by atoms with E-state index in [1.165, 1.54) is 11.8 Å². The molecule has 0 amide bonds. The number of carboxylic acid groups (broad SMARTS) is 1. The van der Waals surface area contributed by atoms with E-state index in [1.807, 2.05) is 30.3 Å². The van der Waals surface area contributed by atoms with Gasteiger partial charge in [-0.25, -0.2) is 13.6 Å². The lowest BCUT2D eigenvalue weighted by atomic mass is 9.82. The maximum absolute atomic E-state index is 13.2. The van der Waals surface area contributed by atoms with Gasteiger partial charge in [-0.3, -0.25) is 4.99 Å². The zero-order valence-electron chi connectivity index (χ0n) is 14.4. The molecule has 0 spiro atoms. The molecule has 7 heteroatoms. The van der Waals surface area contributed by atoms with Gasteiger partial charge in [-0.1, -0.05) is 30.3 Å². The summed E-state index contributed by atoms with van der Waals surface area (Å²) in [5, 5.41) is 9.76. The number of carboxylic acids is 1. The fourth-order valence-corrected chi connectivity index (χ4v) is 4.84. The minimum absolute atomic E-state index is 0.102. The van der Waals surface area contributed by atoms with Crippen molar-refractivity contribution in [2.75, 3.05) is 12.4 Å². The Morgan fingerprint density at radius 3 is 2.54 bits per heavy atom. The molecule has 0 aromatic heterocycles. The molecule has 3 rings (SSSR count). The van der Waals surface area contributed by atoms with Gasteiger partial charge in [-0.2, -0.15) is 0 Å². The van der Waals surface area contributed by atoms with Crippen molar-refractivity contribution in [1.29, 1.82) is 0 Å². The van der Waals surface area contributed by atoms with E-state index in [1.54, 1.807) is 0 Å². The summed E-state index contributed by atoms with van der Waals surface area (Å²) in [6.45, 7) is 1.29. The smallest absolute Gasteiger partial charge is 0.338 e. The number of hydrogen-bond donors (Lipinski definition) is 1. The van der Waals surface area contributed by atoms with Crippen LogP contribution in [0.15, 0.2) is 35.3 Å². The maximum atomic E-state index is 13.2. The van der Waals surface area contributed by atoms with E-state index in [2.05, 4.69) is 4.99 Å². The first kappa shape index (κ1) is 19.3. The normalized spacial score (nSPS) is 29.0. The summed E-state index contributed by atoms with van der Waals surface area (Å²) in [6, 6.07) is 10.0. The van der Waals surface area contributed by atoms with E-state index in [9.17, 15) is 13.6 Å². The fraction of sp³-hybridized carbons (Fsp3) is 0.579. The number of alkyl halides is 2. The molecule has 1 heterocycles. The number of aliphatic carboxylic acids is 1. The third-order valence-corrected chi connectivity index (χ3v) is 6.45. The van der Waals surface area contributed by atoms with Gasteiger partial charge in [-0.15, -0.1) is 11.8 Å². The van der Waals surface area contributed by atoms with Crippen LogP contribution in [-0.2, 0) is 16.1 Å². The van der Waals surface area contributed by atoms with Crippen LogP contribution in [0.3, 0.4) is 0 Å². The van der Waals surface area contributed by atoms with Crippen LogP contribution >= 0.6 is 11.8 Å². The molecular weight excluding hydrogens is 360 g/mol. The number of benzene rings is 1. The minimum Gasteiger partial charge on any atom is -0.479 e. The lowest BCUT2D eigenvalue weighted by Gasteiger charge is -2.28. The second-order valence-corrected chi connectivity index (χ2v) is 7.98. The molecule has 1 unspecified atom stereocenters. The van der Waals surface area contributed by atoms with Gasteiger partial charge in [0.25, 0.3) is 6.43 Å². The summed E-state index contributed by atoms with van der Waals surface area (Å²) in [5.41, 5.74) is -1.11. The zero-order chi connectivity index (χ0) is 18.6. The molecule has 1 N–H and O–H groups in total. The van der Waals surface area contributed by atoms with Gasteiger partial charge in [0.1, 0.15) is 0 Å². The standard InChI is InChI=1S/C19H23F2NO3S/c20-17(21)19(18(23)24)12-26-16(22-19)15-8-6-14(7-9-15)11-25-10-13-4-2-1-3-5-13/h1-5,14-15,17H,6-12H2,(H,23,24). The van der Waals surface area contributed by atoms with Crippen LogP contribution in [0.5, 0.6) is 0 Å². The van der Waals surface area contributed by atoms with Crippen molar-refractivity contribution in [3.05, 3.63) is 35.9 Å². The predicted octanol–water partition coefficient (Wildman–Crippen LogP) is 4.24. The highest BCUT2D eigenvalue weighted by Gasteiger charge is 2.52. The summed E-state index contributed by atoms with van der Waals surface area (Å²) in [7, 11) is 0. The number of carbonyl (C=O) groups is 1. The van der Waals surface area contributed by atoms with Gasteiger partial charge in [0.2, 0.25) is 5.54 Å². The molecule has 26 heavy (non-hydrogen) atoms. The van der Waals surface area contributed by atoms with Crippen LogP contribution in [0.1, 0.15) is 31.2 Å². The highest BCUT2D eigenvalue weighted by Crippen LogP contribution is 2.40. The average Bonchev–Trinajstić information content (AvgIpc) is 3.10. The summed E-state index contributed by atoms with van der Waals surface area (Å²) in [6.07, 6.45) is 0.628. The molecule has 1 aliphatic heterocycles. The second-order valence-electron chi connectivity index (χ2n) is 6.99. The molecule has 2 aliphatic rings. The van der Waals surface area contributed by atoms with E-state index in [4.69, 9.17) is 9.84 Å². The Morgan fingerprint density at radius 1 is 1.27 bits per heavy atom. The average molecular weight is 383 g/mol. The monoisotopic (exact) mass is 383 g/mol. The molecule has 0 saturated heterocycles. The summed E-state index contributed by atoms with van der Waals surface area (Å²) in [4.78, 5) is 15.2. The number of halogens is 2. The van der Waals surface area contributed by atoms with Crippen molar-refractivity contribution in [3.63, 3.8) is 0 Å². The Kier molecular flexibility index (Phi) is 6.29. The molecule has 1 fully saturated rings. The minimum atomic E-state index is -2.98. The number of rotatable bonds is 7. The van der Waals surface area contributed by atoms with Crippen molar-refractivity contribution in [1.82, 2.24) is 0 Å². The number of thioether (sulfide) groups is 1. The second kappa shape index (κ2) is 8.48. The fourth-order valence-electron chi connectivity index (χ4n) is 3.46. The van der Waals surface area contributed by atoms with E-state index in [-0.39, 0.29) is 11.7 Å². The molecular formula is C19H23F2NO3S. The first-order valence-corrected chi connectivity index (χ1v) is 9.85. The largest absolute Gasteiger partial charge is 0.479 e. The SMILES string of the molecule is O=C(O)C1(C(F)F)CSC(C2CCC(COCc3ccccc3)CC2)=N1. The summed E-state index contributed by atoms with van der Waals surface area (Å²) < 4.78 is 32.2. The number of aliphatic imine (C=N–C) groups is 1. The van der Waals surface area contributed by atoms with Crippen molar-refractivity contribution in [3.8, 4) is 0 Å². The lowest BCUT2D eigenvalue weighted by Crippen LogP contribution is -2.44. The highest BCUT2D eigenvalue weighted by atomic mass is 32.2. The van der Waals surface area contributed by atoms with Crippen LogP contribution in [0.2, 0.25) is 0 Å². The molecule has 1 atom stereocenters. The third kappa shape index (κ3) is 4.26. The highest BCUT2D eigenvalue weighted by molar-refractivity contribution is 8.14. The maximum Gasteiger partial charge on any atom is 0.338 e. The molecule has 0 bridgehead atoms. The van der Waals surface area contributed by atoms with Crippen LogP contribution < -0.4 is 0 Å². The predicted molar refractivity (Wildman–Crippen MR) is 97.8 cm³/mol. The van der Waals surface area contributed by atoms with Gasteiger partial charge in [0.15, 0.2) is 0 Å². The number of ether oxygens (including phenoxy) is 1. The van der Waals surface area contributed by atoms with Gasteiger partial charge in [-0.05, 0) is 37.2 Å². The topological polar surface area (TPSA) is 58.9 Å².